The van der Waals surface area contributed by atoms with Crippen LogP contribution in [-0.2, 0) is 25.6 Å². The van der Waals surface area contributed by atoms with Crippen LogP contribution in [-0.4, -0.2) is 22.3 Å². The van der Waals surface area contributed by atoms with Gasteiger partial charge in [0.15, 0.2) is 5.92 Å². The van der Waals surface area contributed by atoms with Crippen LogP contribution in [0.25, 0.3) is 0 Å². The van der Waals surface area contributed by atoms with Gasteiger partial charge in [0.1, 0.15) is 23.9 Å². The van der Waals surface area contributed by atoms with Gasteiger partial charge in [0.05, 0.1) is 0 Å². The normalized spacial score (nSPS) is 16.9. The average Bonchev–Trinajstić information content (AvgIpc) is 2.95. The Bertz CT molecular complexity index is 1180. The molecule has 0 aliphatic carbocycles. The molecule has 0 radical (unpaired) electrons. The Labute approximate surface area is 197 Å². The number of nitrogens with zero attached hydrogens (tertiary/aromatic N) is 2. The van der Waals surface area contributed by atoms with E-state index >= 15 is 0 Å². The van der Waals surface area contributed by atoms with Crippen molar-refractivity contribution >= 4 is 23.5 Å². The lowest BCUT2D eigenvalue weighted by molar-refractivity contribution is -0.621. The average molecular weight is 469 g/mol. The van der Waals surface area contributed by atoms with Crippen molar-refractivity contribution in [1.29, 1.82) is 0 Å². The Morgan fingerprint density at radius 3 is 2.18 bits per heavy atom. The van der Waals surface area contributed by atoms with E-state index in [9.17, 15) is 14.8 Å². The van der Waals surface area contributed by atoms with Crippen molar-refractivity contribution in [2.24, 2.45) is 5.92 Å². The topological polar surface area (TPSA) is 84.5 Å². The standard InChI is InChI=1S/C25H25ClN2O5/c1-15-16(2)28(31)22(27(15)14-17-8-6-5-7-9-17)20(18-10-12-19(26)13-11-18)21-23(29)32-25(3,4)33-24(21)30/h5-13,20-21H,14H2,1-4H3/t20-/m0/s1. The lowest BCUT2D eigenvalue weighted by Crippen LogP contribution is -2.50. The molecule has 1 aromatic heterocycles. The summed E-state index contributed by atoms with van der Waals surface area (Å²) in [6, 6.07) is 16.4. The number of carbonyl (C=O) groups is 2. The Kier molecular flexibility index (Phi) is 5.93. The number of aromatic nitrogens is 2. The van der Waals surface area contributed by atoms with Crippen molar-refractivity contribution < 1.29 is 23.8 Å². The van der Waals surface area contributed by atoms with Crippen LogP contribution in [0.4, 0.5) is 0 Å². The van der Waals surface area contributed by atoms with Crippen molar-refractivity contribution in [1.82, 2.24) is 4.57 Å². The second-order valence-corrected chi connectivity index (χ2v) is 9.08. The molecule has 1 saturated heterocycles. The Hall–Kier alpha value is -3.32. The van der Waals surface area contributed by atoms with Gasteiger partial charge in [-0.25, -0.2) is 9.30 Å². The molecule has 1 fully saturated rings. The molecule has 0 amide bonds. The highest BCUT2D eigenvalue weighted by molar-refractivity contribution is 6.30. The van der Waals surface area contributed by atoms with Gasteiger partial charge in [0, 0.05) is 32.7 Å². The number of esters is 2. The van der Waals surface area contributed by atoms with Crippen LogP contribution in [0.2, 0.25) is 5.02 Å². The highest BCUT2D eigenvalue weighted by Crippen LogP contribution is 2.38. The summed E-state index contributed by atoms with van der Waals surface area (Å²) in [7, 11) is 0. The Balaban J connectivity index is 1.92. The molecule has 33 heavy (non-hydrogen) atoms. The van der Waals surface area contributed by atoms with E-state index in [2.05, 4.69) is 0 Å². The summed E-state index contributed by atoms with van der Waals surface area (Å²) < 4.78 is 13.5. The molecule has 1 aliphatic heterocycles. The summed E-state index contributed by atoms with van der Waals surface area (Å²) in [6.07, 6.45) is 0. The summed E-state index contributed by atoms with van der Waals surface area (Å²) in [5, 5.41) is 13.9. The van der Waals surface area contributed by atoms with Crippen LogP contribution in [0, 0.1) is 25.0 Å². The van der Waals surface area contributed by atoms with E-state index in [1.807, 2.05) is 41.8 Å². The van der Waals surface area contributed by atoms with Crippen molar-refractivity contribution in [2.75, 3.05) is 0 Å². The molecule has 0 bridgehead atoms. The third kappa shape index (κ3) is 4.33. The van der Waals surface area contributed by atoms with Gasteiger partial charge in [-0.1, -0.05) is 54.1 Å². The Morgan fingerprint density at radius 2 is 1.61 bits per heavy atom. The molecule has 0 unspecified atom stereocenters. The number of hydrogen-bond acceptors (Lipinski definition) is 5. The first-order valence-electron chi connectivity index (χ1n) is 10.6. The summed E-state index contributed by atoms with van der Waals surface area (Å²) in [5.41, 5.74) is 2.77. The SMILES string of the molecule is Cc1c(C)[n+]([O-])c([C@@H](c2ccc(Cl)cc2)C2C(=O)OC(C)(C)OC2=O)n1Cc1ccccc1. The quantitative estimate of drug-likeness (QED) is 0.244. The zero-order valence-corrected chi connectivity index (χ0v) is 19.6. The van der Waals surface area contributed by atoms with Crippen LogP contribution in [0.15, 0.2) is 54.6 Å². The minimum atomic E-state index is -1.37. The van der Waals surface area contributed by atoms with E-state index < -0.39 is 29.6 Å². The number of rotatable bonds is 5. The van der Waals surface area contributed by atoms with Crippen LogP contribution in [0.1, 0.15) is 48.1 Å². The van der Waals surface area contributed by atoms with Crippen LogP contribution < -0.4 is 4.73 Å². The fraction of sp³-hybridized carbons (Fsp3) is 0.320. The van der Waals surface area contributed by atoms with Crippen molar-refractivity contribution in [2.45, 2.75) is 45.9 Å². The molecule has 7 nitrogen and oxygen atoms in total. The maximum atomic E-state index is 13.4. The first-order chi connectivity index (χ1) is 15.6. The molecular weight excluding hydrogens is 444 g/mol. The van der Waals surface area contributed by atoms with Gasteiger partial charge >= 0.3 is 11.9 Å². The molecule has 0 spiro atoms. The van der Waals surface area contributed by atoms with Crippen molar-refractivity contribution in [3.05, 3.63) is 93.2 Å². The summed E-state index contributed by atoms with van der Waals surface area (Å²) in [4.78, 5) is 26.2. The maximum Gasteiger partial charge on any atom is 0.324 e. The van der Waals surface area contributed by atoms with E-state index in [-0.39, 0.29) is 5.82 Å². The summed E-state index contributed by atoms with van der Waals surface area (Å²) >= 11 is 6.09. The molecule has 172 valence electrons. The molecule has 2 aromatic carbocycles. The molecular formula is C25H25ClN2O5. The van der Waals surface area contributed by atoms with E-state index in [0.717, 1.165) is 16.0 Å². The number of hydrogen-bond donors (Lipinski definition) is 0. The van der Waals surface area contributed by atoms with E-state index in [0.29, 0.717) is 22.8 Å². The number of cyclic esters (lactones) is 2. The molecule has 0 saturated carbocycles. The second-order valence-electron chi connectivity index (χ2n) is 8.64. The smallest absolute Gasteiger partial charge is 0.324 e. The van der Waals surface area contributed by atoms with E-state index in [1.54, 1.807) is 31.2 Å². The van der Waals surface area contributed by atoms with Gasteiger partial charge in [0.2, 0.25) is 0 Å². The largest absolute Gasteiger partial charge is 0.711 e. The molecule has 3 aromatic rings. The third-order valence-corrected chi connectivity index (χ3v) is 6.19. The fourth-order valence-corrected chi connectivity index (χ4v) is 4.34. The summed E-state index contributed by atoms with van der Waals surface area (Å²) in [5.74, 6) is -4.87. The zero-order chi connectivity index (χ0) is 23.9. The molecule has 1 atom stereocenters. The zero-order valence-electron chi connectivity index (χ0n) is 18.9. The number of imidazole rings is 1. The van der Waals surface area contributed by atoms with Crippen LogP contribution in [0.5, 0.6) is 0 Å². The van der Waals surface area contributed by atoms with Gasteiger partial charge in [-0.3, -0.25) is 9.59 Å². The van der Waals surface area contributed by atoms with Gasteiger partial charge in [-0.2, -0.15) is 0 Å². The third-order valence-electron chi connectivity index (χ3n) is 5.94. The molecule has 8 heteroatoms. The molecule has 0 N–H and O–H groups in total. The number of benzene rings is 2. The predicted molar refractivity (Wildman–Crippen MR) is 121 cm³/mol. The number of carbonyl (C=O) groups excluding carboxylic acids is 2. The number of halogens is 1. The van der Waals surface area contributed by atoms with E-state index in [1.165, 1.54) is 13.8 Å². The van der Waals surface area contributed by atoms with E-state index in [4.69, 9.17) is 21.1 Å². The van der Waals surface area contributed by atoms with Gasteiger partial charge in [-0.15, -0.1) is 0 Å². The molecule has 2 heterocycles. The highest BCUT2D eigenvalue weighted by Gasteiger charge is 2.51. The molecule has 1 aliphatic rings. The van der Waals surface area contributed by atoms with Crippen LogP contribution in [0.3, 0.4) is 0 Å². The first kappa shape index (κ1) is 22.9. The fourth-order valence-electron chi connectivity index (χ4n) is 4.22. The predicted octanol–water partition coefficient (Wildman–Crippen LogP) is 4.02. The van der Waals surface area contributed by atoms with Crippen molar-refractivity contribution in [3.63, 3.8) is 0 Å². The second kappa shape index (κ2) is 8.56. The minimum absolute atomic E-state index is 0.259. The maximum absolute atomic E-state index is 13.4. The van der Waals surface area contributed by atoms with Crippen LogP contribution >= 0.6 is 11.6 Å². The molecule has 4 rings (SSSR count). The lowest BCUT2D eigenvalue weighted by Gasteiger charge is -2.35. The first-order valence-corrected chi connectivity index (χ1v) is 11.0. The lowest BCUT2D eigenvalue weighted by atomic mass is 9.84. The van der Waals surface area contributed by atoms with Gasteiger partial charge < -0.3 is 14.7 Å². The van der Waals surface area contributed by atoms with Crippen molar-refractivity contribution in [3.8, 4) is 0 Å². The highest BCUT2D eigenvalue weighted by atomic mass is 35.5. The summed E-state index contributed by atoms with van der Waals surface area (Å²) in [6.45, 7) is 6.94. The minimum Gasteiger partial charge on any atom is -0.711 e. The van der Waals surface area contributed by atoms with Gasteiger partial charge in [-0.05, 0) is 23.3 Å². The monoisotopic (exact) mass is 468 g/mol. The van der Waals surface area contributed by atoms with Gasteiger partial charge in [0.25, 0.3) is 11.6 Å². The Morgan fingerprint density at radius 1 is 1.03 bits per heavy atom. The number of ether oxygens (including phenoxy) is 2.